The lowest BCUT2D eigenvalue weighted by atomic mass is 10.1. The minimum atomic E-state index is 0.730. The van der Waals surface area contributed by atoms with Crippen LogP contribution in [-0.2, 0) is 0 Å². The Morgan fingerprint density at radius 1 is 1.38 bits per heavy atom. The summed E-state index contributed by atoms with van der Waals surface area (Å²) >= 11 is 0. The van der Waals surface area contributed by atoms with Gasteiger partial charge >= 0.3 is 0 Å². The Hall–Kier alpha value is -0.0800. The Morgan fingerprint density at radius 3 is 2.46 bits per heavy atom. The average molecular weight is 184 g/mol. The van der Waals surface area contributed by atoms with Crippen molar-refractivity contribution in [3.63, 3.8) is 0 Å². The highest BCUT2D eigenvalue weighted by Gasteiger charge is 2.23. The molecule has 78 valence electrons. The van der Waals surface area contributed by atoms with Gasteiger partial charge in [0.05, 0.1) is 0 Å². The number of rotatable bonds is 5. The summed E-state index contributed by atoms with van der Waals surface area (Å²) in [6.07, 6.45) is 6.96. The fourth-order valence-electron chi connectivity index (χ4n) is 2.42. The van der Waals surface area contributed by atoms with Gasteiger partial charge in [0, 0.05) is 18.6 Å². The van der Waals surface area contributed by atoms with E-state index < -0.39 is 0 Å². The second-order valence-corrected chi connectivity index (χ2v) is 4.22. The molecule has 1 aliphatic rings. The van der Waals surface area contributed by atoms with Crippen LogP contribution in [0.1, 0.15) is 39.0 Å². The van der Waals surface area contributed by atoms with Gasteiger partial charge in [-0.2, -0.15) is 0 Å². The Balaban J connectivity index is 2.37. The second kappa shape index (κ2) is 5.61. The van der Waals surface area contributed by atoms with E-state index in [2.05, 4.69) is 24.2 Å². The highest BCUT2D eigenvalue weighted by molar-refractivity contribution is 4.80. The molecule has 2 nitrogen and oxygen atoms in total. The van der Waals surface area contributed by atoms with Crippen LogP contribution in [0, 0.1) is 0 Å². The molecule has 0 heterocycles. The molecule has 0 aromatic rings. The number of hydrogen-bond donors (Lipinski definition) is 1. The van der Waals surface area contributed by atoms with Crippen LogP contribution in [0.3, 0.4) is 0 Å². The fourth-order valence-corrected chi connectivity index (χ4v) is 2.42. The molecule has 1 fully saturated rings. The highest BCUT2D eigenvalue weighted by atomic mass is 15.2. The molecular weight excluding hydrogens is 160 g/mol. The lowest BCUT2D eigenvalue weighted by Crippen LogP contribution is -2.43. The average Bonchev–Trinajstić information content (AvgIpc) is 2.65. The Labute approximate surface area is 82.7 Å². The van der Waals surface area contributed by atoms with Crippen molar-refractivity contribution in [2.75, 3.05) is 20.6 Å². The SMILES string of the molecule is CCC(CNC)N(C)C1CCCC1. The van der Waals surface area contributed by atoms with Gasteiger partial charge in [-0.05, 0) is 33.4 Å². The minimum Gasteiger partial charge on any atom is -0.318 e. The van der Waals surface area contributed by atoms with Crippen LogP contribution in [-0.4, -0.2) is 37.6 Å². The standard InChI is InChI=1S/C11H24N2/c1-4-10(9-12-2)13(3)11-7-5-6-8-11/h10-12H,4-9H2,1-3H3. The van der Waals surface area contributed by atoms with Crippen LogP contribution in [0.15, 0.2) is 0 Å². The van der Waals surface area contributed by atoms with E-state index in [4.69, 9.17) is 0 Å². The molecule has 2 heteroatoms. The molecule has 0 bridgehead atoms. The zero-order valence-electron chi connectivity index (χ0n) is 9.34. The van der Waals surface area contributed by atoms with Gasteiger partial charge < -0.3 is 5.32 Å². The normalized spacial score (nSPS) is 21.2. The summed E-state index contributed by atoms with van der Waals surface area (Å²) in [5.41, 5.74) is 0. The second-order valence-electron chi connectivity index (χ2n) is 4.22. The lowest BCUT2D eigenvalue weighted by Gasteiger charge is -2.32. The first-order chi connectivity index (χ1) is 6.29. The van der Waals surface area contributed by atoms with Crippen molar-refractivity contribution in [1.82, 2.24) is 10.2 Å². The van der Waals surface area contributed by atoms with Crippen LogP contribution >= 0.6 is 0 Å². The Bertz CT molecular complexity index is 130. The van der Waals surface area contributed by atoms with Crippen LogP contribution in [0.25, 0.3) is 0 Å². The van der Waals surface area contributed by atoms with Gasteiger partial charge in [0.25, 0.3) is 0 Å². The van der Waals surface area contributed by atoms with Gasteiger partial charge in [0.1, 0.15) is 0 Å². The quantitative estimate of drug-likeness (QED) is 0.701. The Morgan fingerprint density at radius 2 is 2.00 bits per heavy atom. The van der Waals surface area contributed by atoms with Crippen molar-refractivity contribution in [2.24, 2.45) is 0 Å². The first-order valence-corrected chi connectivity index (χ1v) is 5.66. The van der Waals surface area contributed by atoms with Gasteiger partial charge in [-0.15, -0.1) is 0 Å². The van der Waals surface area contributed by atoms with Gasteiger partial charge in [0.15, 0.2) is 0 Å². The first-order valence-electron chi connectivity index (χ1n) is 5.66. The molecule has 1 N–H and O–H groups in total. The topological polar surface area (TPSA) is 15.3 Å². The monoisotopic (exact) mass is 184 g/mol. The maximum absolute atomic E-state index is 3.28. The van der Waals surface area contributed by atoms with Crippen molar-refractivity contribution in [2.45, 2.75) is 51.1 Å². The fraction of sp³-hybridized carbons (Fsp3) is 1.00. The maximum atomic E-state index is 3.28. The van der Waals surface area contributed by atoms with Crippen molar-refractivity contribution in [3.8, 4) is 0 Å². The van der Waals surface area contributed by atoms with Crippen molar-refractivity contribution in [1.29, 1.82) is 0 Å². The smallest absolute Gasteiger partial charge is 0.0217 e. The summed E-state index contributed by atoms with van der Waals surface area (Å²) in [7, 11) is 4.34. The number of likely N-dealkylation sites (N-methyl/N-ethyl adjacent to an activating group) is 2. The molecule has 0 radical (unpaired) electrons. The summed E-state index contributed by atoms with van der Waals surface area (Å²) in [5, 5.41) is 3.28. The van der Waals surface area contributed by atoms with Gasteiger partial charge in [-0.1, -0.05) is 19.8 Å². The molecule has 0 aliphatic heterocycles. The molecule has 13 heavy (non-hydrogen) atoms. The predicted octanol–water partition coefficient (Wildman–Crippen LogP) is 1.86. The highest BCUT2D eigenvalue weighted by Crippen LogP contribution is 2.24. The summed E-state index contributed by atoms with van der Waals surface area (Å²) in [5.74, 6) is 0. The molecule has 0 aromatic carbocycles. The van der Waals surface area contributed by atoms with E-state index in [-0.39, 0.29) is 0 Å². The summed E-state index contributed by atoms with van der Waals surface area (Å²) in [6.45, 7) is 3.41. The molecule has 0 spiro atoms. The lowest BCUT2D eigenvalue weighted by molar-refractivity contribution is 0.168. The van der Waals surface area contributed by atoms with Gasteiger partial charge in [-0.3, -0.25) is 4.90 Å². The van der Waals surface area contributed by atoms with Gasteiger partial charge in [0.2, 0.25) is 0 Å². The molecule has 0 aromatic heterocycles. The molecule has 1 saturated carbocycles. The van der Waals surface area contributed by atoms with Crippen LogP contribution < -0.4 is 5.32 Å². The molecule has 1 unspecified atom stereocenters. The molecule has 1 aliphatic carbocycles. The van der Waals surface area contributed by atoms with Crippen molar-refractivity contribution >= 4 is 0 Å². The predicted molar refractivity (Wildman–Crippen MR) is 58.0 cm³/mol. The van der Waals surface area contributed by atoms with Gasteiger partial charge in [-0.25, -0.2) is 0 Å². The molecular formula is C11H24N2. The van der Waals surface area contributed by atoms with E-state index in [0.717, 1.165) is 18.6 Å². The van der Waals surface area contributed by atoms with Crippen LogP contribution in [0.4, 0.5) is 0 Å². The third kappa shape index (κ3) is 2.96. The van der Waals surface area contributed by atoms with E-state index in [1.165, 1.54) is 32.1 Å². The van der Waals surface area contributed by atoms with E-state index in [1.54, 1.807) is 0 Å². The zero-order valence-corrected chi connectivity index (χ0v) is 9.34. The molecule has 0 amide bonds. The third-order valence-electron chi connectivity index (χ3n) is 3.39. The minimum absolute atomic E-state index is 0.730. The number of nitrogens with zero attached hydrogens (tertiary/aromatic N) is 1. The number of nitrogens with one attached hydrogen (secondary N) is 1. The first kappa shape index (κ1) is 11.0. The van der Waals surface area contributed by atoms with Crippen LogP contribution in [0.2, 0.25) is 0 Å². The van der Waals surface area contributed by atoms with E-state index in [0.29, 0.717) is 0 Å². The van der Waals surface area contributed by atoms with E-state index in [1.807, 2.05) is 7.05 Å². The summed E-state index contributed by atoms with van der Waals surface area (Å²) < 4.78 is 0. The maximum Gasteiger partial charge on any atom is 0.0217 e. The largest absolute Gasteiger partial charge is 0.318 e. The van der Waals surface area contributed by atoms with Crippen LogP contribution in [0.5, 0.6) is 0 Å². The van der Waals surface area contributed by atoms with E-state index >= 15 is 0 Å². The Kier molecular flexibility index (Phi) is 4.74. The number of hydrogen-bond acceptors (Lipinski definition) is 2. The third-order valence-corrected chi connectivity index (χ3v) is 3.39. The zero-order chi connectivity index (χ0) is 9.68. The van der Waals surface area contributed by atoms with Crippen molar-refractivity contribution in [3.05, 3.63) is 0 Å². The summed E-state index contributed by atoms with van der Waals surface area (Å²) in [6, 6.07) is 1.59. The van der Waals surface area contributed by atoms with E-state index in [9.17, 15) is 0 Å². The molecule has 1 atom stereocenters. The molecule has 1 rings (SSSR count). The van der Waals surface area contributed by atoms with Crippen molar-refractivity contribution < 1.29 is 0 Å². The summed E-state index contributed by atoms with van der Waals surface area (Å²) in [4.78, 5) is 2.59. The molecule has 0 saturated heterocycles.